The maximum Gasteiger partial charge on any atom is 0.247 e. The largest absolute Gasteiger partial charge is 0.418 e. The summed E-state index contributed by atoms with van der Waals surface area (Å²) in [5, 5.41) is 0. The van der Waals surface area contributed by atoms with Crippen LogP contribution in [0.25, 0.3) is 16.8 Å². The van der Waals surface area contributed by atoms with Gasteiger partial charge in [-0.3, -0.25) is 0 Å². The predicted octanol–water partition coefficient (Wildman–Crippen LogP) is 3.68. The highest BCUT2D eigenvalue weighted by Crippen LogP contribution is 2.20. The number of nitrogens with zero attached hydrogens (tertiary/aromatic N) is 2. The molecular formula is C14H14N2O. The summed E-state index contributed by atoms with van der Waals surface area (Å²) in [6.07, 6.45) is 9.19. The smallest absolute Gasteiger partial charge is 0.247 e. The average molecular weight is 226 g/mol. The van der Waals surface area contributed by atoms with E-state index in [4.69, 9.17) is 4.42 Å². The number of oxazole rings is 1. The monoisotopic (exact) mass is 226 g/mol. The third-order valence-electron chi connectivity index (χ3n) is 2.35. The van der Waals surface area contributed by atoms with Gasteiger partial charge < -0.3 is 4.42 Å². The average Bonchev–Trinajstić information content (AvgIpc) is 2.72. The Morgan fingerprint density at radius 1 is 1.47 bits per heavy atom. The molecule has 0 radical (unpaired) electrons. The molecule has 2 aromatic heterocycles. The zero-order chi connectivity index (χ0) is 12.3. The lowest BCUT2D eigenvalue weighted by Gasteiger charge is -1.92. The number of fused-ring (bicyclic) bond motifs is 1. The molecule has 0 aliphatic carbocycles. The molecule has 0 amide bonds. The number of hydrogen-bond acceptors (Lipinski definition) is 3. The lowest BCUT2D eigenvalue weighted by Crippen LogP contribution is -1.79. The fraction of sp³-hybridized carbons (Fsp3) is 0.143. The van der Waals surface area contributed by atoms with Gasteiger partial charge in [0, 0.05) is 11.8 Å². The second kappa shape index (κ2) is 4.78. The minimum atomic E-state index is 0.567. The van der Waals surface area contributed by atoms with Crippen molar-refractivity contribution in [2.24, 2.45) is 0 Å². The Kier molecular flexibility index (Phi) is 3.19. The van der Waals surface area contributed by atoms with Crippen molar-refractivity contribution in [3.8, 4) is 0 Å². The van der Waals surface area contributed by atoms with Gasteiger partial charge in [-0.2, -0.15) is 0 Å². The first-order chi connectivity index (χ1) is 8.24. The van der Waals surface area contributed by atoms with Crippen molar-refractivity contribution in [1.29, 1.82) is 0 Å². The normalized spacial score (nSPS) is 12.5. The third kappa shape index (κ3) is 2.33. The first-order valence-electron chi connectivity index (χ1n) is 5.43. The molecule has 3 nitrogen and oxygen atoms in total. The molecule has 3 heteroatoms. The van der Waals surface area contributed by atoms with Gasteiger partial charge in [0.15, 0.2) is 0 Å². The van der Waals surface area contributed by atoms with E-state index in [1.54, 1.807) is 12.3 Å². The van der Waals surface area contributed by atoms with Crippen molar-refractivity contribution in [2.45, 2.75) is 13.8 Å². The van der Waals surface area contributed by atoms with Gasteiger partial charge in [0.05, 0.1) is 0 Å². The number of pyridine rings is 1. The van der Waals surface area contributed by atoms with E-state index in [-0.39, 0.29) is 0 Å². The fourth-order valence-corrected chi connectivity index (χ4v) is 1.51. The highest BCUT2D eigenvalue weighted by molar-refractivity contribution is 5.76. The molecule has 17 heavy (non-hydrogen) atoms. The SMILES string of the molecule is C=C/C=C\C(=C/C)c1nc2cc(C)cnc2o1. The minimum absolute atomic E-state index is 0.567. The van der Waals surface area contributed by atoms with Crippen molar-refractivity contribution in [3.05, 3.63) is 54.6 Å². The number of rotatable bonds is 3. The molecule has 86 valence electrons. The summed E-state index contributed by atoms with van der Waals surface area (Å²) < 4.78 is 5.60. The molecular weight excluding hydrogens is 212 g/mol. The first kappa shape index (κ1) is 11.3. The summed E-state index contributed by atoms with van der Waals surface area (Å²) in [5.41, 5.74) is 3.34. The van der Waals surface area contributed by atoms with Gasteiger partial charge in [-0.05, 0) is 31.6 Å². The molecule has 0 spiro atoms. The van der Waals surface area contributed by atoms with E-state index >= 15 is 0 Å². The Bertz CT molecular complexity index is 606. The third-order valence-corrected chi connectivity index (χ3v) is 2.35. The Hall–Kier alpha value is -2.16. The lowest BCUT2D eigenvalue weighted by atomic mass is 10.2. The summed E-state index contributed by atoms with van der Waals surface area (Å²) in [6, 6.07) is 1.96. The van der Waals surface area contributed by atoms with E-state index in [0.29, 0.717) is 11.6 Å². The van der Waals surface area contributed by atoms with Crippen LogP contribution in [0.15, 0.2) is 47.6 Å². The van der Waals surface area contributed by atoms with Crippen molar-refractivity contribution >= 4 is 16.8 Å². The maximum atomic E-state index is 5.60. The summed E-state index contributed by atoms with van der Waals surface area (Å²) in [5.74, 6) is 0.582. The minimum Gasteiger partial charge on any atom is -0.418 e. The van der Waals surface area contributed by atoms with E-state index in [0.717, 1.165) is 16.7 Å². The molecule has 0 bridgehead atoms. The van der Waals surface area contributed by atoms with Gasteiger partial charge in [-0.1, -0.05) is 24.8 Å². The van der Waals surface area contributed by atoms with E-state index in [2.05, 4.69) is 16.5 Å². The molecule has 0 saturated heterocycles. The zero-order valence-corrected chi connectivity index (χ0v) is 9.97. The van der Waals surface area contributed by atoms with Crippen LogP contribution in [0.1, 0.15) is 18.4 Å². The second-order valence-electron chi connectivity index (χ2n) is 3.69. The number of aryl methyl sites for hydroxylation is 1. The van der Waals surface area contributed by atoms with Crippen LogP contribution in [0, 0.1) is 6.92 Å². The Balaban J connectivity index is 2.48. The molecule has 2 rings (SSSR count). The van der Waals surface area contributed by atoms with Crippen LogP contribution in [0.2, 0.25) is 0 Å². The first-order valence-corrected chi connectivity index (χ1v) is 5.43. The van der Waals surface area contributed by atoms with Crippen LogP contribution in [-0.2, 0) is 0 Å². The molecule has 0 aromatic carbocycles. The highest BCUT2D eigenvalue weighted by atomic mass is 16.4. The Morgan fingerprint density at radius 2 is 2.29 bits per heavy atom. The highest BCUT2D eigenvalue weighted by Gasteiger charge is 2.08. The molecule has 2 heterocycles. The molecule has 0 N–H and O–H groups in total. The maximum absolute atomic E-state index is 5.60. The van der Waals surface area contributed by atoms with Gasteiger partial charge in [0.1, 0.15) is 5.52 Å². The fourth-order valence-electron chi connectivity index (χ4n) is 1.51. The summed E-state index contributed by atoms with van der Waals surface area (Å²) in [7, 11) is 0. The summed E-state index contributed by atoms with van der Waals surface area (Å²) in [4.78, 5) is 8.61. The molecule has 0 aliphatic heterocycles. The molecule has 0 saturated carbocycles. The standard InChI is InChI=1S/C14H14N2O/c1-4-6-7-11(5-2)13-16-12-8-10(3)9-15-14(12)17-13/h4-9H,1H2,2-3H3/b7-6-,11-5+. The van der Waals surface area contributed by atoms with Gasteiger partial charge in [0.2, 0.25) is 11.6 Å². The van der Waals surface area contributed by atoms with Crippen molar-refractivity contribution < 1.29 is 4.42 Å². The van der Waals surface area contributed by atoms with Gasteiger partial charge in [-0.15, -0.1) is 0 Å². The van der Waals surface area contributed by atoms with Crippen LogP contribution >= 0.6 is 0 Å². The second-order valence-corrected chi connectivity index (χ2v) is 3.69. The summed E-state index contributed by atoms with van der Waals surface area (Å²) >= 11 is 0. The molecule has 0 fully saturated rings. The van der Waals surface area contributed by atoms with Crippen molar-refractivity contribution in [3.63, 3.8) is 0 Å². The lowest BCUT2D eigenvalue weighted by molar-refractivity contribution is 0.575. The number of hydrogen-bond donors (Lipinski definition) is 0. The van der Waals surface area contributed by atoms with E-state index in [1.165, 1.54) is 0 Å². The topological polar surface area (TPSA) is 38.9 Å². The molecule has 0 unspecified atom stereocenters. The number of allylic oxidation sites excluding steroid dienone is 5. The van der Waals surface area contributed by atoms with Crippen molar-refractivity contribution in [1.82, 2.24) is 9.97 Å². The van der Waals surface area contributed by atoms with Gasteiger partial charge in [-0.25, -0.2) is 9.97 Å². The van der Waals surface area contributed by atoms with E-state index in [9.17, 15) is 0 Å². The van der Waals surface area contributed by atoms with Crippen LogP contribution in [0.5, 0.6) is 0 Å². The van der Waals surface area contributed by atoms with E-state index < -0.39 is 0 Å². The molecule has 2 aromatic rings. The van der Waals surface area contributed by atoms with Gasteiger partial charge in [0.25, 0.3) is 0 Å². The van der Waals surface area contributed by atoms with E-state index in [1.807, 2.05) is 38.1 Å². The Morgan fingerprint density at radius 3 is 3.00 bits per heavy atom. The van der Waals surface area contributed by atoms with Crippen LogP contribution < -0.4 is 0 Å². The predicted molar refractivity (Wildman–Crippen MR) is 69.5 cm³/mol. The van der Waals surface area contributed by atoms with Gasteiger partial charge >= 0.3 is 0 Å². The van der Waals surface area contributed by atoms with Crippen LogP contribution in [-0.4, -0.2) is 9.97 Å². The number of aromatic nitrogens is 2. The zero-order valence-electron chi connectivity index (χ0n) is 9.97. The van der Waals surface area contributed by atoms with Crippen LogP contribution in [0.3, 0.4) is 0 Å². The summed E-state index contributed by atoms with van der Waals surface area (Å²) in [6.45, 7) is 7.56. The Labute approximate surface area is 100 Å². The van der Waals surface area contributed by atoms with Crippen molar-refractivity contribution in [2.75, 3.05) is 0 Å². The van der Waals surface area contributed by atoms with Crippen LogP contribution in [0.4, 0.5) is 0 Å². The quantitative estimate of drug-likeness (QED) is 0.749. The molecule has 0 atom stereocenters. The molecule has 0 aliphatic rings.